The monoisotopic (exact) mass is 1840 g/mol. The molecule has 4 aliphatic rings. The van der Waals surface area contributed by atoms with Crippen molar-refractivity contribution in [1.29, 1.82) is 0 Å². The molecule has 15 rings (SSSR count). The Labute approximate surface area is 732 Å². The molecule has 5 aromatic carbocycles. The number of unbranched alkanes of at least 4 members (excludes halogenated alkanes) is 8. The van der Waals surface area contributed by atoms with Crippen molar-refractivity contribution in [2.24, 2.45) is 0 Å². The van der Waals surface area contributed by atoms with Gasteiger partial charge in [0, 0.05) is 62.7 Å². The van der Waals surface area contributed by atoms with E-state index in [0.717, 1.165) is 86.9 Å². The van der Waals surface area contributed by atoms with Crippen LogP contribution in [-0.4, -0.2) is 170 Å². The second-order valence-corrected chi connectivity index (χ2v) is 41.8. The summed E-state index contributed by atoms with van der Waals surface area (Å²) >= 11 is 7.16. The fourth-order valence-electron chi connectivity index (χ4n) is 17.4. The lowest BCUT2D eigenvalue weighted by atomic mass is 9.70. The number of benzene rings is 5. The average Bonchev–Trinajstić information content (AvgIpc) is 1.55. The van der Waals surface area contributed by atoms with Gasteiger partial charge in [0.05, 0.1) is 75.1 Å². The standard InChI is InChI=1S/C86H92N8O20S9/c95-65(87-37-47-120(99,100)101)25-5-1-13-33-85(34-14-2-6-26-66(96)88-38-48-121(102,103)104)59-21-11-9-19-55(59)57-31-29-53(51-61(57)85)81-77-79(113-43-41-111-77)83(117-81)69-73-74(92-72(64-24-18-46-116-64)71(91-73)63-23-17-45-115-63)70(76-75(69)93-119-94-76)84-80-78(112-42-44-114-80)82(118-84)54-30-32-58-56-20-10-12-22-60(56)86(62(58)52-54,35-15-3-7-27-67(97)89-39-49-122(105,106)107)36-16-4-8-28-68(98)90-40-50-123(108,109)110/h9-12,17-24,29-32,45-46,51-52H,1-8,13-16,25-28,33-44,47-50H2,(H,87,95)(H,88,96)(H,89,97)(H,90,98)(H,99,100,101)(H,102,103,104)(H,105,106,107)(H,108,109,110). The van der Waals surface area contributed by atoms with Crippen LogP contribution in [0.2, 0.25) is 0 Å². The van der Waals surface area contributed by atoms with Crippen molar-refractivity contribution in [3.63, 3.8) is 0 Å². The molecule has 8 N–H and O–H groups in total. The van der Waals surface area contributed by atoms with E-state index in [4.69, 9.17) is 37.7 Å². The van der Waals surface area contributed by atoms with Crippen LogP contribution in [0.4, 0.5) is 0 Å². The highest BCUT2D eigenvalue weighted by molar-refractivity contribution is 7.86. The molecule has 28 nitrogen and oxygen atoms in total. The highest BCUT2D eigenvalue weighted by Crippen LogP contribution is 2.63. The van der Waals surface area contributed by atoms with Crippen molar-refractivity contribution in [3.8, 4) is 108 Å². The van der Waals surface area contributed by atoms with E-state index in [-0.39, 0.29) is 102 Å². The van der Waals surface area contributed by atoms with E-state index in [1.807, 2.05) is 59.3 Å². The van der Waals surface area contributed by atoms with Crippen LogP contribution in [0, 0.1) is 0 Å². The molecule has 2 aliphatic carbocycles. The SMILES string of the molecule is O=C(CCCCCC1(CCCCCC(=O)NCCS(=O)(=O)O)c2ccccc2-c2ccc(-c3sc(-c4c5nsnc5c(-c5sc(-c6ccc7c(c6)C(CCCCCC(=O)NCCS(=O)(=O)O)(CCCCCC(=O)NCCS(=O)(=O)O)c6ccccc6-7)c6c5OCCO6)c5nc(-c6cccs6)c(-c6cccs6)nc45)c4c3OCCO4)cc21)NCCS(=O)(=O)O. The number of fused-ring (bicyclic) bond motifs is 10. The Morgan fingerprint density at radius 3 is 1.00 bits per heavy atom. The number of aromatic nitrogens is 4. The molecule has 650 valence electrons. The number of rotatable bonds is 42. The topological polar surface area (TPSA) is 422 Å². The zero-order valence-corrected chi connectivity index (χ0v) is 74.3. The first-order valence-corrected chi connectivity index (χ1v) is 51.5. The Kier molecular flexibility index (Phi) is 27.6. The molecule has 0 unspecified atom stereocenters. The van der Waals surface area contributed by atoms with E-state index in [2.05, 4.69) is 81.9 Å². The third-order valence-electron chi connectivity index (χ3n) is 22.9. The van der Waals surface area contributed by atoms with Crippen LogP contribution in [0.1, 0.15) is 151 Å². The lowest BCUT2D eigenvalue weighted by molar-refractivity contribution is -0.121. The van der Waals surface area contributed by atoms with Crippen molar-refractivity contribution in [1.82, 2.24) is 40.0 Å². The van der Waals surface area contributed by atoms with Gasteiger partial charge in [-0.15, -0.1) is 45.3 Å². The molecule has 0 atom stereocenters. The fourth-order valence-corrected chi connectivity index (χ4v) is 23.3. The molecule has 6 aromatic heterocycles. The van der Waals surface area contributed by atoms with Crippen LogP contribution in [0.3, 0.4) is 0 Å². The summed E-state index contributed by atoms with van der Waals surface area (Å²) in [6, 6.07) is 38.0. The summed E-state index contributed by atoms with van der Waals surface area (Å²) in [7, 11) is -17.1. The van der Waals surface area contributed by atoms with Crippen molar-refractivity contribution >= 4 is 143 Å². The van der Waals surface area contributed by atoms with Crippen LogP contribution in [0.25, 0.3) is 107 Å². The fraction of sp³-hybridized carbons (Fsp3) is 0.395. The molecular formula is C86H92N8O20S9. The lowest BCUT2D eigenvalue weighted by Crippen LogP contribution is -2.29. The third kappa shape index (κ3) is 20.4. The maximum absolute atomic E-state index is 12.9. The minimum absolute atomic E-state index is 0.155. The maximum Gasteiger partial charge on any atom is 0.266 e. The highest BCUT2D eigenvalue weighted by atomic mass is 32.2. The van der Waals surface area contributed by atoms with Gasteiger partial charge in [-0.1, -0.05) is 136 Å². The summed E-state index contributed by atoms with van der Waals surface area (Å²) in [6.45, 7) is 0.125. The molecule has 0 radical (unpaired) electrons. The molecule has 8 heterocycles. The van der Waals surface area contributed by atoms with Gasteiger partial charge >= 0.3 is 0 Å². The van der Waals surface area contributed by atoms with E-state index >= 15 is 0 Å². The van der Waals surface area contributed by atoms with E-state index in [0.29, 0.717) is 180 Å². The quantitative estimate of drug-likeness (QED) is 0.0130. The number of amides is 4. The second kappa shape index (κ2) is 38.3. The lowest BCUT2D eigenvalue weighted by Gasteiger charge is -2.33. The van der Waals surface area contributed by atoms with Crippen molar-refractivity contribution in [2.45, 2.75) is 139 Å². The largest absolute Gasteiger partial charge is 0.485 e. The Morgan fingerprint density at radius 2 is 0.683 bits per heavy atom. The van der Waals surface area contributed by atoms with E-state index in [1.165, 1.54) is 22.7 Å². The van der Waals surface area contributed by atoms with E-state index in [1.54, 1.807) is 22.7 Å². The summed E-state index contributed by atoms with van der Waals surface area (Å²) in [5.41, 5.74) is 14.0. The molecule has 0 spiro atoms. The molecule has 123 heavy (non-hydrogen) atoms. The predicted octanol–water partition coefficient (Wildman–Crippen LogP) is 15.8. The maximum atomic E-state index is 12.9. The summed E-state index contributed by atoms with van der Waals surface area (Å²) in [5.74, 6) is -1.56. The smallest absolute Gasteiger partial charge is 0.266 e. The van der Waals surface area contributed by atoms with Gasteiger partial charge in [-0.3, -0.25) is 37.4 Å². The van der Waals surface area contributed by atoms with Crippen molar-refractivity contribution < 1.29 is 90.0 Å². The van der Waals surface area contributed by atoms with Gasteiger partial charge in [0.25, 0.3) is 40.5 Å². The van der Waals surface area contributed by atoms with Gasteiger partial charge in [-0.2, -0.15) is 42.4 Å². The van der Waals surface area contributed by atoms with Gasteiger partial charge in [0.15, 0.2) is 23.0 Å². The van der Waals surface area contributed by atoms with Crippen LogP contribution < -0.4 is 40.2 Å². The number of ether oxygens (including phenoxy) is 4. The number of hydrogen-bond donors (Lipinski definition) is 8. The van der Waals surface area contributed by atoms with Gasteiger partial charge < -0.3 is 40.2 Å². The van der Waals surface area contributed by atoms with Crippen LogP contribution in [0.5, 0.6) is 23.0 Å². The van der Waals surface area contributed by atoms with Crippen molar-refractivity contribution in [3.05, 3.63) is 142 Å². The molecule has 0 fully saturated rings. The second-order valence-electron chi connectivity index (χ2n) is 31.1. The molecule has 37 heteroatoms. The van der Waals surface area contributed by atoms with Gasteiger partial charge in [-0.25, -0.2) is 9.97 Å². The summed E-state index contributed by atoms with van der Waals surface area (Å²) < 4.78 is 167. The Bertz CT molecular complexity index is 5780. The Morgan fingerprint density at radius 1 is 0.366 bits per heavy atom. The molecule has 2 aliphatic heterocycles. The van der Waals surface area contributed by atoms with E-state index in [9.17, 15) is 71.1 Å². The van der Waals surface area contributed by atoms with E-state index < -0.39 is 74.3 Å². The molecule has 0 saturated carbocycles. The Balaban J connectivity index is 0.825. The van der Waals surface area contributed by atoms with Crippen LogP contribution >= 0.6 is 57.1 Å². The third-order valence-corrected chi connectivity index (χ3v) is 30.5. The van der Waals surface area contributed by atoms with Gasteiger partial charge in [-0.05, 0) is 142 Å². The first kappa shape index (κ1) is 88.6. The molecular weight excluding hydrogens is 1750 g/mol. The minimum Gasteiger partial charge on any atom is -0.485 e. The predicted molar refractivity (Wildman–Crippen MR) is 479 cm³/mol. The first-order valence-electron chi connectivity index (χ1n) is 40.9. The number of nitrogens with zero attached hydrogens (tertiary/aromatic N) is 4. The normalized spacial score (nSPS) is 14.3. The zero-order valence-electron chi connectivity index (χ0n) is 67.0. The number of carbonyl (C=O) groups excluding carboxylic acids is 4. The number of carbonyl (C=O) groups is 4. The van der Waals surface area contributed by atoms with Gasteiger partial charge in [0.1, 0.15) is 59.9 Å². The molecule has 0 saturated heterocycles. The zero-order chi connectivity index (χ0) is 86.3. The Hall–Kier alpha value is -9.22. The molecule has 4 amide bonds. The molecule has 11 aromatic rings. The number of nitrogens with one attached hydrogen (secondary N) is 4. The highest BCUT2D eigenvalue weighted by Gasteiger charge is 2.46. The van der Waals surface area contributed by atoms with Crippen molar-refractivity contribution in [2.75, 3.05) is 75.6 Å². The summed E-state index contributed by atoms with van der Waals surface area (Å²) in [4.78, 5) is 68.2. The summed E-state index contributed by atoms with van der Waals surface area (Å²) in [6.07, 6.45) is 10.9. The minimum atomic E-state index is -4.27. The number of thiophene rings is 4. The average molecular weight is 1850 g/mol. The summed E-state index contributed by atoms with van der Waals surface area (Å²) in [5, 5.41) is 14.4. The van der Waals surface area contributed by atoms with Gasteiger partial charge in [0.2, 0.25) is 23.6 Å². The molecule has 0 bridgehead atoms. The van der Waals surface area contributed by atoms with Crippen LogP contribution in [-0.2, 0) is 70.5 Å². The first-order chi connectivity index (χ1) is 59.1. The van der Waals surface area contributed by atoms with Crippen LogP contribution in [0.15, 0.2) is 120 Å². The number of hydrogen-bond acceptors (Lipinski definition) is 25.